The Bertz CT molecular complexity index is 333. The van der Waals surface area contributed by atoms with Crippen molar-refractivity contribution < 1.29 is 29.3 Å². The second-order valence-electron chi connectivity index (χ2n) is 4.25. The maximum Gasteiger partial charge on any atom is 0.372 e. The number of carbonyl (C=O) groups is 3. The molecule has 0 spiro atoms. The van der Waals surface area contributed by atoms with Crippen molar-refractivity contribution in [3.8, 4) is 0 Å². The molecule has 0 bridgehead atoms. The van der Waals surface area contributed by atoms with Crippen LogP contribution >= 0.6 is 0 Å². The number of hydrogen-bond donors (Lipinski definition) is 3. The first-order chi connectivity index (χ1) is 8.79. The molecule has 3 atom stereocenters. The smallest absolute Gasteiger partial charge is 0.372 e. The second-order valence-corrected chi connectivity index (χ2v) is 4.25. The number of rotatable bonds is 7. The molecule has 0 rings (SSSR count). The lowest BCUT2D eigenvalue weighted by Crippen LogP contribution is -2.40. The number of carboxylic acids is 1. The summed E-state index contributed by atoms with van der Waals surface area (Å²) in [7, 11) is 0. The van der Waals surface area contributed by atoms with Crippen molar-refractivity contribution in [1.82, 2.24) is 0 Å². The highest BCUT2D eigenvalue weighted by Gasteiger charge is 2.25. The van der Waals surface area contributed by atoms with Gasteiger partial charge in [-0.15, -0.1) is 0 Å². The fourth-order valence-corrected chi connectivity index (χ4v) is 1.08. The van der Waals surface area contributed by atoms with E-state index in [1.807, 2.05) is 6.92 Å². The van der Waals surface area contributed by atoms with Gasteiger partial charge in [-0.3, -0.25) is 4.79 Å². The van der Waals surface area contributed by atoms with Crippen LogP contribution in [-0.4, -0.2) is 35.1 Å². The molecule has 0 radical (unpaired) electrons. The number of hydrogen-bond acceptors (Lipinski definition) is 7. The van der Waals surface area contributed by atoms with Crippen LogP contribution in [0.15, 0.2) is 0 Å². The van der Waals surface area contributed by atoms with Crippen molar-refractivity contribution in [3.05, 3.63) is 0 Å². The molecule has 0 aliphatic rings. The minimum absolute atomic E-state index is 0.108. The van der Waals surface area contributed by atoms with E-state index < -0.39 is 30.0 Å². The zero-order valence-corrected chi connectivity index (χ0v) is 11.0. The van der Waals surface area contributed by atoms with Crippen LogP contribution < -0.4 is 11.5 Å². The summed E-state index contributed by atoms with van der Waals surface area (Å²) in [5, 5.41) is 8.41. The van der Waals surface area contributed by atoms with E-state index in [2.05, 4.69) is 9.78 Å². The number of nitrogens with two attached hydrogens (primary N) is 2. The summed E-state index contributed by atoms with van der Waals surface area (Å²) in [6.45, 7) is 3.61. The van der Waals surface area contributed by atoms with Crippen molar-refractivity contribution in [3.63, 3.8) is 0 Å². The summed E-state index contributed by atoms with van der Waals surface area (Å²) in [6, 6.07) is -2.06. The molecule has 0 saturated heterocycles. The zero-order chi connectivity index (χ0) is 15.0. The van der Waals surface area contributed by atoms with E-state index in [0.717, 1.165) is 0 Å². The topological polar surface area (TPSA) is 142 Å². The molecule has 0 fully saturated rings. The van der Waals surface area contributed by atoms with Gasteiger partial charge in [-0.2, -0.15) is 0 Å². The Balaban J connectivity index is 4.08. The molecule has 5 N–H and O–H groups in total. The molecule has 19 heavy (non-hydrogen) atoms. The Labute approximate surface area is 111 Å². The zero-order valence-electron chi connectivity index (χ0n) is 11.0. The van der Waals surface area contributed by atoms with E-state index >= 15 is 0 Å². The lowest BCUT2D eigenvalue weighted by molar-refractivity contribution is -0.261. The average molecular weight is 276 g/mol. The number of carbonyl (C=O) groups excluding carboxylic acids is 2. The average Bonchev–Trinajstić information content (AvgIpc) is 2.39. The molecular weight excluding hydrogens is 256 g/mol. The molecule has 8 nitrogen and oxygen atoms in total. The lowest BCUT2D eigenvalue weighted by Gasteiger charge is -2.15. The first kappa shape index (κ1) is 17.3. The van der Waals surface area contributed by atoms with Crippen LogP contribution in [0.2, 0.25) is 0 Å². The van der Waals surface area contributed by atoms with Crippen LogP contribution in [0.25, 0.3) is 0 Å². The van der Waals surface area contributed by atoms with Crippen LogP contribution in [0, 0.1) is 5.92 Å². The predicted octanol–water partition coefficient (Wildman–Crippen LogP) is -0.447. The van der Waals surface area contributed by atoms with Gasteiger partial charge in [0.15, 0.2) is 0 Å². The van der Waals surface area contributed by atoms with Crippen molar-refractivity contribution in [2.24, 2.45) is 17.4 Å². The molecule has 0 aromatic carbocycles. The molecule has 0 aromatic rings. The summed E-state index contributed by atoms with van der Waals surface area (Å²) in [5.41, 5.74) is 10.9. The minimum Gasteiger partial charge on any atom is -0.481 e. The van der Waals surface area contributed by atoms with E-state index in [0.29, 0.717) is 6.42 Å². The van der Waals surface area contributed by atoms with Gasteiger partial charge in [0, 0.05) is 6.42 Å². The summed E-state index contributed by atoms with van der Waals surface area (Å²) in [5.74, 6) is -3.08. The van der Waals surface area contributed by atoms with E-state index in [9.17, 15) is 14.4 Å². The highest BCUT2D eigenvalue weighted by Crippen LogP contribution is 2.07. The Kier molecular flexibility index (Phi) is 7.69. The Morgan fingerprint density at radius 3 is 2.16 bits per heavy atom. The minimum atomic E-state index is -1.16. The standard InChI is InChI=1S/C11H20N2O6/c1-3-6(2)9(13)11(17)19-18-10(16)7(12)4-5-8(14)15/h6-7,9H,3-5,12-13H2,1-2H3,(H,14,15). The molecule has 8 heteroatoms. The third kappa shape index (κ3) is 6.73. The molecular formula is C11H20N2O6. The molecule has 110 valence electrons. The van der Waals surface area contributed by atoms with Gasteiger partial charge in [0.2, 0.25) is 0 Å². The molecule has 3 unspecified atom stereocenters. The molecule has 0 aliphatic heterocycles. The van der Waals surface area contributed by atoms with Crippen molar-refractivity contribution in [2.45, 2.75) is 45.2 Å². The van der Waals surface area contributed by atoms with Crippen LogP contribution in [0.1, 0.15) is 33.1 Å². The lowest BCUT2D eigenvalue weighted by atomic mass is 10.0. The first-order valence-electron chi connectivity index (χ1n) is 5.94. The molecule has 0 aliphatic carbocycles. The fourth-order valence-electron chi connectivity index (χ4n) is 1.08. The van der Waals surface area contributed by atoms with Crippen molar-refractivity contribution in [1.29, 1.82) is 0 Å². The Morgan fingerprint density at radius 2 is 1.68 bits per heavy atom. The molecule has 0 aromatic heterocycles. The van der Waals surface area contributed by atoms with E-state index in [-0.39, 0.29) is 18.8 Å². The van der Waals surface area contributed by atoms with Crippen LogP contribution in [0.5, 0.6) is 0 Å². The van der Waals surface area contributed by atoms with E-state index in [4.69, 9.17) is 16.6 Å². The number of aliphatic carboxylic acids is 1. The monoisotopic (exact) mass is 276 g/mol. The van der Waals surface area contributed by atoms with Gasteiger partial charge in [-0.05, 0) is 12.3 Å². The Hall–Kier alpha value is -1.67. The maximum absolute atomic E-state index is 11.4. The summed E-state index contributed by atoms with van der Waals surface area (Å²) in [4.78, 5) is 41.4. The quantitative estimate of drug-likeness (QED) is 0.419. The molecule has 0 amide bonds. The van der Waals surface area contributed by atoms with Crippen molar-refractivity contribution in [2.75, 3.05) is 0 Å². The van der Waals surface area contributed by atoms with Gasteiger partial charge in [0.25, 0.3) is 0 Å². The maximum atomic E-state index is 11.4. The summed E-state index contributed by atoms with van der Waals surface area (Å²) in [6.07, 6.45) is 0.280. The fraction of sp³-hybridized carbons (Fsp3) is 0.727. The van der Waals surface area contributed by atoms with Crippen LogP contribution in [-0.2, 0) is 24.2 Å². The van der Waals surface area contributed by atoms with Gasteiger partial charge in [0.1, 0.15) is 12.1 Å². The molecule has 0 heterocycles. The van der Waals surface area contributed by atoms with Crippen LogP contribution in [0.3, 0.4) is 0 Å². The largest absolute Gasteiger partial charge is 0.481 e. The SMILES string of the molecule is CCC(C)C(N)C(=O)OOC(=O)C(N)CCC(=O)O. The highest BCUT2D eigenvalue weighted by molar-refractivity contribution is 5.79. The van der Waals surface area contributed by atoms with Gasteiger partial charge in [-0.25, -0.2) is 19.4 Å². The highest BCUT2D eigenvalue weighted by atomic mass is 17.2. The first-order valence-corrected chi connectivity index (χ1v) is 5.94. The Morgan fingerprint density at radius 1 is 1.16 bits per heavy atom. The van der Waals surface area contributed by atoms with E-state index in [1.54, 1.807) is 6.92 Å². The van der Waals surface area contributed by atoms with Crippen LogP contribution in [0.4, 0.5) is 0 Å². The normalized spacial score (nSPS) is 15.2. The summed E-state index contributed by atoms with van der Waals surface area (Å²) >= 11 is 0. The molecule has 0 saturated carbocycles. The third-order valence-corrected chi connectivity index (χ3v) is 2.71. The van der Waals surface area contributed by atoms with Gasteiger partial charge in [0.05, 0.1) is 0 Å². The van der Waals surface area contributed by atoms with Crippen molar-refractivity contribution >= 4 is 17.9 Å². The summed E-state index contributed by atoms with van der Waals surface area (Å²) < 4.78 is 0. The number of carboxylic acid groups (broad SMARTS) is 1. The third-order valence-electron chi connectivity index (χ3n) is 2.71. The van der Waals surface area contributed by atoms with Gasteiger partial charge < -0.3 is 16.6 Å². The van der Waals surface area contributed by atoms with Gasteiger partial charge >= 0.3 is 17.9 Å². The van der Waals surface area contributed by atoms with E-state index in [1.165, 1.54) is 0 Å². The van der Waals surface area contributed by atoms with Gasteiger partial charge in [-0.1, -0.05) is 20.3 Å². The predicted molar refractivity (Wildman–Crippen MR) is 64.5 cm³/mol. The second kappa shape index (κ2) is 8.44.